The first-order valence-corrected chi connectivity index (χ1v) is 10.6. The van der Waals surface area contributed by atoms with Crippen molar-refractivity contribution in [3.05, 3.63) is 112 Å². The van der Waals surface area contributed by atoms with E-state index in [4.69, 9.17) is 0 Å². The highest BCUT2D eigenvalue weighted by atomic mass is 16.6. The fourth-order valence-corrected chi connectivity index (χ4v) is 4.19. The average Bonchev–Trinajstić information content (AvgIpc) is 3.55. The first-order valence-electron chi connectivity index (χ1n) is 10.6. The summed E-state index contributed by atoms with van der Waals surface area (Å²) in [5.74, 6) is -2.74. The van der Waals surface area contributed by atoms with Crippen LogP contribution in [0.15, 0.2) is 76.5 Å². The molecule has 0 atom stereocenters. The Morgan fingerprint density at radius 2 is 0.684 bits per heavy atom. The Kier molecular flexibility index (Phi) is 4.69. The summed E-state index contributed by atoms with van der Waals surface area (Å²) >= 11 is 0. The predicted octanol–water partition coefficient (Wildman–Crippen LogP) is 1.47. The van der Waals surface area contributed by atoms with Gasteiger partial charge in [-0.05, 0) is 47.5 Å². The van der Waals surface area contributed by atoms with Crippen molar-refractivity contribution in [2.45, 2.75) is 0 Å². The third kappa shape index (κ3) is 3.32. The van der Waals surface area contributed by atoms with Gasteiger partial charge < -0.3 is 18.3 Å². The lowest BCUT2D eigenvalue weighted by Gasteiger charge is -2.04. The Morgan fingerprint density at radius 3 is 1.03 bits per heavy atom. The molecule has 3 aromatic carbocycles. The summed E-state index contributed by atoms with van der Waals surface area (Å²) in [6, 6.07) is 11.6. The van der Waals surface area contributed by atoms with Crippen LogP contribution in [-0.4, -0.2) is 23.9 Å². The van der Waals surface area contributed by atoms with E-state index in [-0.39, 0.29) is 43.8 Å². The van der Waals surface area contributed by atoms with Crippen LogP contribution in [-0.2, 0) is 9.47 Å². The maximum atomic E-state index is 11.6. The van der Waals surface area contributed by atoms with Crippen molar-refractivity contribution >= 4 is 45.4 Å². The summed E-state index contributed by atoms with van der Waals surface area (Å²) in [4.78, 5) is 90.7. The van der Waals surface area contributed by atoms with Crippen LogP contribution in [0.2, 0.25) is 0 Å². The van der Waals surface area contributed by atoms with Gasteiger partial charge in [-0.15, -0.1) is 0 Å². The molecule has 0 N–H and O–H groups in total. The van der Waals surface area contributed by atoms with E-state index in [0.29, 0.717) is 11.1 Å². The van der Waals surface area contributed by atoms with E-state index in [1.807, 2.05) is 0 Å². The minimum Gasteiger partial charge on any atom is -0.386 e. The smallest absolute Gasteiger partial charge is 0.346 e. The molecule has 184 valence electrons. The second kappa shape index (κ2) is 7.86. The number of esters is 4. The van der Waals surface area contributed by atoms with Crippen LogP contribution in [0.5, 0.6) is 0 Å². The molecule has 0 aliphatic carbocycles. The number of hydrogen-bond donors (Lipinski definition) is 0. The van der Waals surface area contributed by atoms with Gasteiger partial charge in [-0.2, -0.15) is 0 Å². The minimum atomic E-state index is -0.824. The van der Waals surface area contributed by atoms with Crippen LogP contribution in [0.3, 0.4) is 0 Å². The van der Waals surface area contributed by atoms with Crippen molar-refractivity contribution in [1.29, 1.82) is 0 Å². The summed E-state index contributed by atoms with van der Waals surface area (Å²) in [6.07, 6.45) is 0. The summed E-state index contributed by atoms with van der Waals surface area (Å²) in [5.41, 5.74) is -1.26. The van der Waals surface area contributed by atoms with Crippen LogP contribution in [0, 0.1) is 0 Å². The van der Waals surface area contributed by atoms with Crippen LogP contribution in [0.1, 0.15) is 41.4 Å². The Morgan fingerprint density at radius 1 is 0.368 bits per heavy atom. The molecule has 2 aliphatic rings. The van der Waals surface area contributed by atoms with Crippen molar-refractivity contribution < 1.29 is 37.5 Å². The number of carbonyl (C=O) groups excluding carboxylic acids is 4. The highest BCUT2D eigenvalue weighted by Gasteiger charge is 2.31. The largest absolute Gasteiger partial charge is 0.386 e. The summed E-state index contributed by atoms with van der Waals surface area (Å²) in [6.45, 7) is 0. The molecule has 0 radical (unpaired) electrons. The number of furan rings is 2. The van der Waals surface area contributed by atoms with E-state index < -0.39 is 46.4 Å². The van der Waals surface area contributed by atoms with Gasteiger partial charge in [0.1, 0.15) is 0 Å². The molecule has 0 saturated carbocycles. The topological polar surface area (TPSA) is 181 Å². The predicted molar refractivity (Wildman–Crippen MR) is 125 cm³/mol. The van der Waals surface area contributed by atoms with Crippen molar-refractivity contribution in [3.8, 4) is 11.1 Å². The summed E-state index contributed by atoms with van der Waals surface area (Å²) in [7, 11) is 0. The fourth-order valence-electron chi connectivity index (χ4n) is 4.19. The monoisotopic (exact) mass is 512 g/mol. The van der Waals surface area contributed by atoms with Gasteiger partial charge in [0.05, 0.1) is 43.8 Å². The highest BCUT2D eigenvalue weighted by molar-refractivity contribution is 6.16. The quantitative estimate of drug-likeness (QED) is 0.233. The number of benzene rings is 3. The third-order valence-corrected chi connectivity index (χ3v) is 6.03. The average molecular weight is 512 g/mol. The Bertz CT molecular complexity index is 1910. The number of ether oxygens (including phenoxy) is 2. The lowest BCUT2D eigenvalue weighted by atomic mass is 9.97. The summed E-state index contributed by atoms with van der Waals surface area (Å²) < 4.78 is 17.7. The lowest BCUT2D eigenvalue weighted by Crippen LogP contribution is -1.97. The number of fused-ring (bicyclic) bond motifs is 4. The normalized spacial score (nSPS) is 13.8. The molecule has 0 spiro atoms. The van der Waals surface area contributed by atoms with E-state index >= 15 is 0 Å². The Labute approximate surface area is 206 Å². The number of cyclic esters (lactones) is 4. The highest BCUT2D eigenvalue weighted by Crippen LogP contribution is 2.30. The van der Waals surface area contributed by atoms with Crippen molar-refractivity contribution in [2.75, 3.05) is 0 Å². The zero-order chi connectivity index (χ0) is 26.9. The maximum Gasteiger partial charge on any atom is 0.346 e. The Hall–Kier alpha value is -5.78. The van der Waals surface area contributed by atoms with E-state index in [1.54, 1.807) is 12.1 Å². The van der Waals surface area contributed by atoms with E-state index in [2.05, 4.69) is 18.3 Å². The van der Waals surface area contributed by atoms with Gasteiger partial charge >= 0.3 is 46.4 Å². The second-order valence-corrected chi connectivity index (χ2v) is 8.17. The molecule has 5 aromatic rings. The Balaban J connectivity index is 0.000000146. The molecule has 0 unspecified atom stereocenters. The third-order valence-electron chi connectivity index (χ3n) is 6.03. The van der Waals surface area contributed by atoms with E-state index in [0.717, 1.165) is 12.1 Å². The van der Waals surface area contributed by atoms with Crippen LogP contribution >= 0.6 is 0 Å². The number of rotatable bonds is 1. The molecule has 7 rings (SSSR count). The molecular formula is C26H8O12. The van der Waals surface area contributed by atoms with Crippen LogP contribution in [0.25, 0.3) is 32.7 Å². The molecule has 12 nitrogen and oxygen atoms in total. The molecular weight excluding hydrogens is 504 g/mol. The van der Waals surface area contributed by atoms with Crippen molar-refractivity contribution in [3.63, 3.8) is 0 Å². The van der Waals surface area contributed by atoms with Gasteiger partial charge in [0.2, 0.25) is 0 Å². The molecule has 12 heteroatoms. The maximum absolute atomic E-state index is 11.6. The number of carbonyl (C=O) groups is 4. The standard InChI is InChI=1S/C16H6O6.C10H2O6/c17-13-9-3-1-7(5-11(9)15(19)21-13)8-2-4-10-12(6-8)16(20)22-14(10)18;11-7-3-1-4-6(10(14)16-8(4)12)2-5(3)9(13)15-7/h1-6H;1-2H. The molecule has 4 heterocycles. The first-order chi connectivity index (χ1) is 18.1. The summed E-state index contributed by atoms with van der Waals surface area (Å²) in [5, 5.41) is -0.0726. The molecule has 2 aliphatic heterocycles. The molecule has 0 fully saturated rings. The van der Waals surface area contributed by atoms with Crippen LogP contribution < -0.4 is 22.5 Å². The molecule has 0 saturated heterocycles. The fraction of sp³-hybridized carbons (Fsp3) is 0. The lowest BCUT2D eigenvalue weighted by molar-refractivity contribution is 0.0425. The van der Waals surface area contributed by atoms with Gasteiger partial charge in [0.15, 0.2) is 0 Å². The van der Waals surface area contributed by atoms with E-state index in [1.165, 1.54) is 24.3 Å². The van der Waals surface area contributed by atoms with Gasteiger partial charge in [-0.25, -0.2) is 38.4 Å². The van der Waals surface area contributed by atoms with E-state index in [9.17, 15) is 38.4 Å². The van der Waals surface area contributed by atoms with Crippen molar-refractivity contribution in [2.24, 2.45) is 0 Å². The SMILES string of the molecule is O=C1OC(=O)c2cc(-c3ccc4c(c3)C(=O)OC4=O)ccc21.O=c1oc(=O)c2cc3c(=O)oc(=O)c3cc12. The minimum absolute atomic E-state index is 0.0181. The van der Waals surface area contributed by atoms with Gasteiger partial charge in [-0.1, -0.05) is 12.1 Å². The van der Waals surface area contributed by atoms with Gasteiger partial charge in [0.25, 0.3) is 0 Å². The first kappa shape index (κ1) is 22.7. The van der Waals surface area contributed by atoms with Gasteiger partial charge in [0, 0.05) is 0 Å². The number of hydrogen-bond acceptors (Lipinski definition) is 12. The molecule has 2 aromatic heterocycles. The zero-order valence-corrected chi connectivity index (χ0v) is 18.5. The zero-order valence-electron chi connectivity index (χ0n) is 18.5. The van der Waals surface area contributed by atoms with Crippen molar-refractivity contribution in [1.82, 2.24) is 0 Å². The van der Waals surface area contributed by atoms with Gasteiger partial charge in [-0.3, -0.25) is 0 Å². The second-order valence-electron chi connectivity index (χ2n) is 8.17. The molecule has 38 heavy (non-hydrogen) atoms. The van der Waals surface area contributed by atoms with Crippen LogP contribution in [0.4, 0.5) is 0 Å². The molecule has 0 bridgehead atoms. The molecule has 0 amide bonds.